The third-order valence-electron chi connectivity index (χ3n) is 2.64. The average Bonchev–Trinajstić information content (AvgIpc) is 2.62. The summed E-state index contributed by atoms with van der Waals surface area (Å²) in [5.41, 5.74) is 24.7. The second-order valence-corrected chi connectivity index (χ2v) is 5.53. The molecular formula is C15H35N5O8. The second-order valence-electron chi connectivity index (χ2n) is 5.53. The monoisotopic (exact) mass is 413 g/mol. The zero-order valence-electron chi connectivity index (χ0n) is 16.3. The van der Waals surface area contributed by atoms with E-state index >= 15 is 0 Å². The van der Waals surface area contributed by atoms with Crippen LogP contribution in [0.25, 0.3) is 0 Å². The predicted octanol–water partition coefficient (Wildman–Crippen LogP) is -2.36. The first-order valence-electron chi connectivity index (χ1n) is 8.28. The minimum Gasteiger partial charge on any atom is -0.480 e. The molecule has 0 aliphatic rings. The Bertz CT molecular complexity index is 421. The number of aliphatic carboxylic acids is 4. The first-order chi connectivity index (χ1) is 12.8. The van der Waals surface area contributed by atoms with Gasteiger partial charge in [-0.05, 0) is 25.3 Å². The van der Waals surface area contributed by atoms with Crippen molar-refractivity contribution in [2.24, 2.45) is 34.6 Å². The maximum absolute atomic E-state index is 10.1. The Hall–Kier alpha value is -2.32. The molecule has 0 aromatic heterocycles. The van der Waals surface area contributed by atoms with Gasteiger partial charge in [0.05, 0.1) is 13.1 Å². The molecule has 28 heavy (non-hydrogen) atoms. The summed E-state index contributed by atoms with van der Waals surface area (Å²) in [6, 6.07) is -1.43. The van der Waals surface area contributed by atoms with E-state index in [1.54, 1.807) is 13.8 Å². The quantitative estimate of drug-likeness (QED) is 0.179. The van der Waals surface area contributed by atoms with Gasteiger partial charge < -0.3 is 49.1 Å². The number of nitrogens with two attached hydrogens (primary N) is 5. The van der Waals surface area contributed by atoms with Crippen molar-refractivity contribution in [3.8, 4) is 0 Å². The minimum absolute atomic E-state index is 0.0208. The molecule has 0 heterocycles. The number of carbonyl (C=O) groups is 4. The molecule has 2 atom stereocenters. The van der Waals surface area contributed by atoms with Crippen LogP contribution in [-0.4, -0.2) is 76.0 Å². The van der Waals surface area contributed by atoms with E-state index in [1.165, 1.54) is 0 Å². The molecule has 0 aliphatic heterocycles. The SMILES string of the molecule is CC(C)[C@H](N)C(=O)O.NCC(=O)O.NCC(=O)O.NCCCC[C@H](N)C(=O)O. The fourth-order valence-corrected chi connectivity index (χ4v) is 0.917. The largest absolute Gasteiger partial charge is 0.480 e. The van der Waals surface area contributed by atoms with Crippen molar-refractivity contribution in [3.63, 3.8) is 0 Å². The zero-order valence-corrected chi connectivity index (χ0v) is 16.3. The van der Waals surface area contributed by atoms with Crippen molar-refractivity contribution in [1.82, 2.24) is 0 Å². The van der Waals surface area contributed by atoms with Crippen LogP contribution < -0.4 is 28.7 Å². The molecule has 13 heteroatoms. The van der Waals surface area contributed by atoms with Gasteiger partial charge in [0.15, 0.2) is 0 Å². The molecule has 0 unspecified atom stereocenters. The van der Waals surface area contributed by atoms with Gasteiger partial charge in [0.2, 0.25) is 0 Å². The van der Waals surface area contributed by atoms with Gasteiger partial charge in [-0.2, -0.15) is 0 Å². The van der Waals surface area contributed by atoms with Gasteiger partial charge in [0.1, 0.15) is 12.1 Å². The lowest BCUT2D eigenvalue weighted by Crippen LogP contribution is -2.34. The Balaban J connectivity index is -0.000000144. The van der Waals surface area contributed by atoms with Gasteiger partial charge in [0.25, 0.3) is 0 Å². The molecule has 0 fully saturated rings. The molecule has 14 N–H and O–H groups in total. The Morgan fingerprint density at radius 3 is 1.25 bits per heavy atom. The van der Waals surface area contributed by atoms with E-state index in [0.29, 0.717) is 13.0 Å². The molecule has 0 aromatic rings. The van der Waals surface area contributed by atoms with Crippen LogP contribution in [-0.2, 0) is 19.2 Å². The van der Waals surface area contributed by atoms with Crippen molar-refractivity contribution in [1.29, 1.82) is 0 Å². The molecule has 0 amide bonds. The van der Waals surface area contributed by atoms with E-state index in [4.69, 9.17) is 37.6 Å². The molecule has 0 aromatic carbocycles. The maximum atomic E-state index is 10.1. The number of carboxylic acid groups (broad SMARTS) is 4. The normalized spacial score (nSPS) is 11.3. The fourth-order valence-electron chi connectivity index (χ4n) is 0.917. The van der Waals surface area contributed by atoms with Gasteiger partial charge in [-0.15, -0.1) is 0 Å². The Kier molecular flexibility index (Phi) is 27.0. The highest BCUT2D eigenvalue weighted by molar-refractivity contribution is 5.73. The molecule has 0 saturated heterocycles. The van der Waals surface area contributed by atoms with Crippen LogP contribution in [0.3, 0.4) is 0 Å². The zero-order chi connectivity index (χ0) is 23.3. The lowest BCUT2D eigenvalue weighted by atomic mass is 10.1. The van der Waals surface area contributed by atoms with Gasteiger partial charge in [-0.25, -0.2) is 0 Å². The Morgan fingerprint density at radius 2 is 1.11 bits per heavy atom. The predicted molar refractivity (Wildman–Crippen MR) is 102 cm³/mol. The van der Waals surface area contributed by atoms with Gasteiger partial charge >= 0.3 is 23.9 Å². The first kappa shape index (κ1) is 33.3. The number of hydrogen-bond acceptors (Lipinski definition) is 9. The summed E-state index contributed by atoms with van der Waals surface area (Å²) in [5.74, 6) is -3.78. The van der Waals surface area contributed by atoms with Crippen LogP contribution in [0.15, 0.2) is 0 Å². The molecule has 0 rings (SSSR count). The molecular weight excluding hydrogens is 378 g/mol. The van der Waals surface area contributed by atoms with Crippen molar-refractivity contribution in [3.05, 3.63) is 0 Å². The average molecular weight is 413 g/mol. The van der Waals surface area contributed by atoms with Crippen LogP contribution in [0.1, 0.15) is 33.1 Å². The smallest absolute Gasteiger partial charge is 0.320 e. The summed E-state index contributed by atoms with van der Waals surface area (Å²) in [7, 11) is 0. The van der Waals surface area contributed by atoms with Crippen LogP contribution in [0.4, 0.5) is 0 Å². The van der Waals surface area contributed by atoms with Crippen LogP contribution in [0.5, 0.6) is 0 Å². The first-order valence-corrected chi connectivity index (χ1v) is 8.28. The summed E-state index contributed by atoms with van der Waals surface area (Å²) in [6.07, 6.45) is 2.16. The molecule has 13 nitrogen and oxygen atoms in total. The molecule has 0 spiro atoms. The minimum atomic E-state index is -0.968. The number of unbranched alkanes of at least 4 members (excludes halogenated alkanes) is 1. The van der Waals surface area contributed by atoms with Gasteiger partial charge in [-0.3, -0.25) is 19.2 Å². The summed E-state index contributed by atoms with van der Waals surface area (Å²) in [5, 5.41) is 31.7. The number of carboxylic acids is 4. The third kappa shape index (κ3) is 34.9. The highest BCUT2D eigenvalue weighted by atomic mass is 16.4. The van der Waals surface area contributed by atoms with E-state index in [0.717, 1.165) is 12.8 Å². The second kappa shape index (κ2) is 22.7. The number of rotatable bonds is 9. The van der Waals surface area contributed by atoms with E-state index in [-0.39, 0.29) is 19.0 Å². The highest BCUT2D eigenvalue weighted by Crippen LogP contribution is 1.97. The van der Waals surface area contributed by atoms with Crippen LogP contribution in [0.2, 0.25) is 0 Å². The fraction of sp³-hybridized carbons (Fsp3) is 0.733. The maximum Gasteiger partial charge on any atom is 0.320 e. The van der Waals surface area contributed by atoms with Crippen molar-refractivity contribution in [2.45, 2.75) is 45.2 Å². The van der Waals surface area contributed by atoms with Crippen LogP contribution >= 0.6 is 0 Å². The topological polar surface area (TPSA) is 279 Å². The molecule has 0 aliphatic carbocycles. The Morgan fingerprint density at radius 1 is 0.750 bits per heavy atom. The lowest BCUT2D eigenvalue weighted by molar-refractivity contribution is -0.140. The third-order valence-corrected chi connectivity index (χ3v) is 2.64. The molecule has 0 radical (unpaired) electrons. The molecule has 0 saturated carbocycles. The summed E-state index contributed by atoms with van der Waals surface area (Å²) < 4.78 is 0. The van der Waals surface area contributed by atoms with E-state index < -0.39 is 36.0 Å². The van der Waals surface area contributed by atoms with E-state index in [2.05, 4.69) is 11.5 Å². The van der Waals surface area contributed by atoms with Crippen molar-refractivity contribution < 1.29 is 39.6 Å². The summed E-state index contributed by atoms with van der Waals surface area (Å²) >= 11 is 0. The Labute approximate surface area is 163 Å². The summed E-state index contributed by atoms with van der Waals surface area (Å²) in [4.78, 5) is 38.6. The van der Waals surface area contributed by atoms with Crippen molar-refractivity contribution >= 4 is 23.9 Å². The summed E-state index contributed by atoms with van der Waals surface area (Å²) in [6.45, 7) is 3.60. The van der Waals surface area contributed by atoms with Crippen LogP contribution in [0, 0.1) is 5.92 Å². The highest BCUT2D eigenvalue weighted by Gasteiger charge is 2.14. The van der Waals surface area contributed by atoms with Gasteiger partial charge in [-0.1, -0.05) is 20.3 Å². The van der Waals surface area contributed by atoms with E-state index in [1.807, 2.05) is 0 Å². The molecule has 168 valence electrons. The lowest BCUT2D eigenvalue weighted by Gasteiger charge is -2.07. The standard InChI is InChI=1S/C6H14N2O2.C5H11NO2.2C2H5NO2/c7-4-2-1-3-5(8)6(9)10;1-3(2)4(6)5(7)8;2*3-1-2(4)5/h5H,1-4,7-8H2,(H,9,10);3-4H,6H2,1-2H3,(H,7,8);2*1,3H2,(H,4,5)/t5-;4-;;/m00../s1. The van der Waals surface area contributed by atoms with Gasteiger partial charge in [0, 0.05) is 0 Å². The molecule has 0 bridgehead atoms. The van der Waals surface area contributed by atoms with Crippen molar-refractivity contribution in [2.75, 3.05) is 19.6 Å². The number of hydrogen-bond donors (Lipinski definition) is 9. The van der Waals surface area contributed by atoms with E-state index in [9.17, 15) is 19.2 Å².